The van der Waals surface area contributed by atoms with Crippen LogP contribution in [0.25, 0.3) is 0 Å². The quantitative estimate of drug-likeness (QED) is 0.500. The minimum atomic E-state index is -0.551. The van der Waals surface area contributed by atoms with Crippen LogP contribution in [0.3, 0.4) is 0 Å². The Morgan fingerprint density at radius 3 is 1.60 bits per heavy atom. The van der Waals surface area contributed by atoms with Crippen LogP contribution >= 0.6 is 0 Å². The minimum absolute atomic E-state index is 0.159. The van der Waals surface area contributed by atoms with E-state index in [-0.39, 0.29) is 13.1 Å². The highest BCUT2D eigenvalue weighted by atomic mass is 16.5. The Morgan fingerprint density at radius 2 is 1.30 bits per heavy atom. The van der Waals surface area contributed by atoms with E-state index in [4.69, 9.17) is 9.47 Å². The Morgan fingerprint density at radius 1 is 0.950 bits per heavy atom. The van der Waals surface area contributed by atoms with E-state index in [2.05, 4.69) is 23.8 Å². The molecule has 0 aromatic rings. The standard InChI is InChI=1S/C13H20N2O5/c1-5-11(16)19-9(3)7-14-13(18)15-8-10(4)20-12(17)6-2/h5-6,9-10H,1-2,7-8H2,3-4H3,(H2,14,15,18). The monoisotopic (exact) mass is 284 g/mol. The van der Waals surface area contributed by atoms with Crippen molar-refractivity contribution in [3.05, 3.63) is 25.3 Å². The Bertz CT molecular complexity index is 347. The number of nitrogens with one attached hydrogen (secondary N) is 2. The van der Waals surface area contributed by atoms with Gasteiger partial charge in [-0.15, -0.1) is 0 Å². The molecule has 0 heterocycles. The molecule has 2 unspecified atom stereocenters. The van der Waals surface area contributed by atoms with Crippen molar-refractivity contribution < 1.29 is 23.9 Å². The molecule has 0 aliphatic carbocycles. The second-order valence-corrected chi connectivity index (χ2v) is 3.99. The van der Waals surface area contributed by atoms with E-state index in [1.807, 2.05) is 0 Å². The SMILES string of the molecule is C=CC(=O)OC(C)CNC(=O)NCC(C)OC(=O)C=C. The lowest BCUT2D eigenvalue weighted by Crippen LogP contribution is -2.43. The van der Waals surface area contributed by atoms with Crippen molar-refractivity contribution in [1.29, 1.82) is 0 Å². The predicted octanol–water partition coefficient (Wildman–Crippen LogP) is 0.521. The molecule has 2 amide bonds. The van der Waals surface area contributed by atoms with Crippen molar-refractivity contribution in [3.8, 4) is 0 Å². The van der Waals surface area contributed by atoms with Crippen LogP contribution in [0.15, 0.2) is 25.3 Å². The van der Waals surface area contributed by atoms with E-state index < -0.39 is 30.2 Å². The van der Waals surface area contributed by atoms with E-state index in [1.54, 1.807) is 13.8 Å². The molecule has 0 aromatic heterocycles. The summed E-state index contributed by atoms with van der Waals surface area (Å²) in [4.78, 5) is 33.2. The topological polar surface area (TPSA) is 93.7 Å². The number of carbonyl (C=O) groups is 3. The molecule has 0 spiro atoms. The van der Waals surface area contributed by atoms with Gasteiger partial charge in [0.15, 0.2) is 0 Å². The van der Waals surface area contributed by atoms with Gasteiger partial charge in [-0.05, 0) is 13.8 Å². The smallest absolute Gasteiger partial charge is 0.330 e. The normalized spacial score (nSPS) is 12.5. The highest BCUT2D eigenvalue weighted by Gasteiger charge is 2.10. The molecule has 0 aliphatic heterocycles. The number of ether oxygens (including phenoxy) is 2. The Kier molecular flexibility index (Phi) is 8.49. The molecule has 0 radical (unpaired) electrons. The third kappa shape index (κ3) is 8.73. The Hall–Kier alpha value is -2.31. The number of urea groups is 1. The van der Waals surface area contributed by atoms with Crippen LogP contribution < -0.4 is 10.6 Å². The molecule has 0 aliphatic rings. The van der Waals surface area contributed by atoms with Gasteiger partial charge < -0.3 is 20.1 Å². The first-order valence-corrected chi connectivity index (χ1v) is 6.06. The molecule has 2 N–H and O–H groups in total. The second kappa shape index (κ2) is 9.60. The van der Waals surface area contributed by atoms with Crippen LogP contribution in [-0.2, 0) is 19.1 Å². The van der Waals surface area contributed by atoms with E-state index in [0.717, 1.165) is 12.2 Å². The molecular formula is C13H20N2O5. The van der Waals surface area contributed by atoms with Crippen LogP contribution in [0.1, 0.15) is 13.8 Å². The number of hydrogen-bond donors (Lipinski definition) is 2. The van der Waals surface area contributed by atoms with E-state index >= 15 is 0 Å². The summed E-state index contributed by atoms with van der Waals surface area (Å²) in [6.45, 7) is 10.1. The van der Waals surface area contributed by atoms with Crippen molar-refractivity contribution in [2.75, 3.05) is 13.1 Å². The van der Waals surface area contributed by atoms with E-state index in [1.165, 1.54) is 0 Å². The van der Waals surface area contributed by atoms with Gasteiger partial charge in [-0.1, -0.05) is 13.2 Å². The van der Waals surface area contributed by atoms with Crippen LogP contribution in [0.2, 0.25) is 0 Å². The molecule has 20 heavy (non-hydrogen) atoms. The van der Waals surface area contributed by atoms with Crippen molar-refractivity contribution in [2.24, 2.45) is 0 Å². The summed E-state index contributed by atoms with van der Waals surface area (Å²) >= 11 is 0. The zero-order valence-corrected chi connectivity index (χ0v) is 11.7. The fourth-order valence-electron chi connectivity index (χ4n) is 1.11. The minimum Gasteiger partial charge on any atom is -0.458 e. The maximum Gasteiger partial charge on any atom is 0.330 e. The molecule has 0 rings (SSSR count). The van der Waals surface area contributed by atoms with Crippen LogP contribution in [0.4, 0.5) is 4.79 Å². The number of carbonyl (C=O) groups excluding carboxylic acids is 3. The molecule has 0 bridgehead atoms. The van der Waals surface area contributed by atoms with E-state index in [0.29, 0.717) is 0 Å². The molecule has 2 atom stereocenters. The van der Waals surface area contributed by atoms with Crippen molar-refractivity contribution in [1.82, 2.24) is 10.6 Å². The summed E-state index contributed by atoms with van der Waals surface area (Å²) < 4.78 is 9.73. The summed E-state index contributed by atoms with van der Waals surface area (Å²) in [5, 5.41) is 5.02. The van der Waals surface area contributed by atoms with Gasteiger partial charge in [-0.3, -0.25) is 0 Å². The zero-order valence-electron chi connectivity index (χ0n) is 11.7. The summed E-state index contributed by atoms with van der Waals surface area (Å²) in [7, 11) is 0. The molecule has 0 aromatic carbocycles. The Balaban J connectivity index is 3.83. The van der Waals surface area contributed by atoms with Gasteiger partial charge in [-0.25, -0.2) is 14.4 Å². The fourth-order valence-corrected chi connectivity index (χ4v) is 1.11. The Labute approximate surface area is 118 Å². The summed E-state index contributed by atoms with van der Waals surface area (Å²) in [5.74, 6) is -1.10. The van der Waals surface area contributed by atoms with Gasteiger partial charge >= 0.3 is 18.0 Å². The average Bonchev–Trinajstić information content (AvgIpc) is 2.42. The van der Waals surface area contributed by atoms with Crippen molar-refractivity contribution in [2.45, 2.75) is 26.1 Å². The third-order valence-corrected chi connectivity index (χ3v) is 2.07. The zero-order chi connectivity index (χ0) is 15.5. The van der Waals surface area contributed by atoms with Crippen molar-refractivity contribution in [3.63, 3.8) is 0 Å². The molecule has 7 heteroatoms. The highest BCUT2D eigenvalue weighted by Crippen LogP contribution is 1.92. The van der Waals surface area contributed by atoms with Gasteiger partial charge in [0.05, 0.1) is 13.1 Å². The summed E-state index contributed by atoms with van der Waals surface area (Å²) in [5.41, 5.74) is 0. The molecule has 7 nitrogen and oxygen atoms in total. The lowest BCUT2D eigenvalue weighted by Gasteiger charge is -2.15. The maximum absolute atomic E-state index is 11.4. The van der Waals surface area contributed by atoms with Gasteiger partial charge in [0.2, 0.25) is 0 Å². The predicted molar refractivity (Wildman–Crippen MR) is 72.9 cm³/mol. The number of esters is 2. The van der Waals surface area contributed by atoms with Gasteiger partial charge in [-0.2, -0.15) is 0 Å². The molecule has 0 saturated heterocycles. The first-order chi connectivity index (χ1) is 9.38. The lowest BCUT2D eigenvalue weighted by atomic mass is 10.4. The molecule has 0 fully saturated rings. The first-order valence-electron chi connectivity index (χ1n) is 6.06. The lowest BCUT2D eigenvalue weighted by molar-refractivity contribution is -0.142. The first kappa shape index (κ1) is 17.7. The number of rotatable bonds is 8. The third-order valence-electron chi connectivity index (χ3n) is 2.07. The maximum atomic E-state index is 11.4. The van der Waals surface area contributed by atoms with Crippen LogP contribution in [-0.4, -0.2) is 43.3 Å². The summed E-state index contributed by atoms with van der Waals surface area (Å²) in [6, 6.07) is -0.451. The van der Waals surface area contributed by atoms with Gasteiger partial charge in [0.1, 0.15) is 12.2 Å². The number of hydrogen-bond acceptors (Lipinski definition) is 5. The second-order valence-electron chi connectivity index (χ2n) is 3.99. The molecule has 0 saturated carbocycles. The number of amides is 2. The van der Waals surface area contributed by atoms with Crippen LogP contribution in [0, 0.1) is 0 Å². The molecular weight excluding hydrogens is 264 g/mol. The average molecular weight is 284 g/mol. The van der Waals surface area contributed by atoms with Crippen LogP contribution in [0.5, 0.6) is 0 Å². The highest BCUT2D eigenvalue weighted by molar-refractivity contribution is 5.81. The van der Waals surface area contributed by atoms with Gasteiger partial charge in [0, 0.05) is 12.2 Å². The fraction of sp³-hybridized carbons (Fsp3) is 0.462. The van der Waals surface area contributed by atoms with Gasteiger partial charge in [0.25, 0.3) is 0 Å². The van der Waals surface area contributed by atoms with E-state index in [9.17, 15) is 14.4 Å². The van der Waals surface area contributed by atoms with Crippen molar-refractivity contribution >= 4 is 18.0 Å². The molecule has 112 valence electrons. The largest absolute Gasteiger partial charge is 0.458 e. The summed E-state index contributed by atoms with van der Waals surface area (Å²) in [6.07, 6.45) is 1.16.